The highest BCUT2D eigenvalue weighted by Crippen LogP contribution is 2.25. The van der Waals surface area contributed by atoms with Gasteiger partial charge in [0.2, 0.25) is 5.13 Å². The molecule has 1 fully saturated rings. The van der Waals surface area contributed by atoms with Crippen LogP contribution in [-0.2, 0) is 0 Å². The first-order valence-electron chi connectivity index (χ1n) is 5.06. The van der Waals surface area contributed by atoms with Crippen molar-refractivity contribution in [2.75, 3.05) is 31.1 Å². The first-order chi connectivity index (χ1) is 6.77. The first-order valence-corrected chi connectivity index (χ1v) is 5.88. The maximum atomic E-state index is 4.23. The monoisotopic (exact) mass is 284 g/mol. The molecule has 0 spiro atoms. The van der Waals surface area contributed by atoms with E-state index >= 15 is 0 Å². The minimum absolute atomic E-state index is 0. The summed E-state index contributed by atoms with van der Waals surface area (Å²) < 4.78 is 0. The summed E-state index contributed by atoms with van der Waals surface area (Å²) in [5.41, 5.74) is 0. The van der Waals surface area contributed by atoms with E-state index < -0.39 is 0 Å². The second-order valence-corrected chi connectivity index (χ2v) is 4.80. The second kappa shape index (κ2) is 7.27. The molecule has 0 radical (unpaired) electrons. The van der Waals surface area contributed by atoms with Crippen molar-refractivity contribution in [1.82, 2.24) is 15.5 Å². The number of hydrogen-bond acceptors (Lipinski definition) is 5. The zero-order valence-corrected chi connectivity index (χ0v) is 11.9. The Balaban J connectivity index is 0.00000112. The zero-order valence-electron chi connectivity index (χ0n) is 9.47. The molecule has 0 unspecified atom stereocenters. The van der Waals surface area contributed by atoms with Gasteiger partial charge in [0.25, 0.3) is 0 Å². The molecule has 16 heavy (non-hydrogen) atoms. The van der Waals surface area contributed by atoms with Crippen LogP contribution in [0.1, 0.15) is 24.8 Å². The van der Waals surface area contributed by atoms with Gasteiger partial charge in [-0.25, -0.2) is 0 Å². The van der Waals surface area contributed by atoms with Crippen LogP contribution in [0.15, 0.2) is 0 Å². The van der Waals surface area contributed by atoms with Gasteiger partial charge in [-0.2, -0.15) is 0 Å². The number of piperazine rings is 1. The summed E-state index contributed by atoms with van der Waals surface area (Å²) >= 11 is 1.72. The molecule has 1 aliphatic heterocycles. The summed E-state index contributed by atoms with van der Waals surface area (Å²) in [6.07, 6.45) is 0. The van der Waals surface area contributed by atoms with Crippen LogP contribution in [0.5, 0.6) is 0 Å². The number of nitrogens with one attached hydrogen (secondary N) is 1. The molecule has 0 bridgehead atoms. The SMILES string of the molecule is CC(C)c1nnc(N2CCNCC2)s1.Cl.Cl. The number of aromatic nitrogens is 2. The zero-order chi connectivity index (χ0) is 9.97. The molecular weight excluding hydrogens is 267 g/mol. The topological polar surface area (TPSA) is 41.1 Å². The lowest BCUT2D eigenvalue weighted by atomic mass is 10.2. The van der Waals surface area contributed by atoms with Crippen LogP contribution in [0, 0.1) is 0 Å². The highest BCUT2D eigenvalue weighted by Gasteiger charge is 2.15. The number of rotatable bonds is 2. The summed E-state index contributed by atoms with van der Waals surface area (Å²) in [6, 6.07) is 0. The molecule has 7 heteroatoms. The lowest BCUT2D eigenvalue weighted by Gasteiger charge is -2.26. The van der Waals surface area contributed by atoms with Crippen molar-refractivity contribution >= 4 is 41.3 Å². The van der Waals surface area contributed by atoms with Crippen LogP contribution in [0.25, 0.3) is 0 Å². The number of anilines is 1. The van der Waals surface area contributed by atoms with Gasteiger partial charge in [-0.15, -0.1) is 35.0 Å². The predicted molar refractivity (Wildman–Crippen MR) is 73.6 cm³/mol. The van der Waals surface area contributed by atoms with Gasteiger partial charge in [-0.1, -0.05) is 25.2 Å². The second-order valence-electron chi connectivity index (χ2n) is 3.81. The van der Waals surface area contributed by atoms with Crippen molar-refractivity contribution in [1.29, 1.82) is 0 Å². The molecule has 2 heterocycles. The third-order valence-corrected chi connectivity index (χ3v) is 3.60. The standard InChI is InChI=1S/C9H16N4S.2ClH/c1-7(2)8-11-12-9(14-8)13-5-3-10-4-6-13;;/h7,10H,3-6H2,1-2H3;2*1H. The molecule has 2 rings (SSSR count). The van der Waals surface area contributed by atoms with Gasteiger partial charge >= 0.3 is 0 Å². The van der Waals surface area contributed by atoms with Crippen LogP contribution in [-0.4, -0.2) is 36.4 Å². The van der Waals surface area contributed by atoms with Crippen molar-refractivity contribution in [2.45, 2.75) is 19.8 Å². The Morgan fingerprint density at radius 1 is 1.19 bits per heavy atom. The number of halogens is 2. The Hall–Kier alpha value is -0.100. The summed E-state index contributed by atoms with van der Waals surface area (Å²) in [6.45, 7) is 8.51. The van der Waals surface area contributed by atoms with E-state index in [9.17, 15) is 0 Å². The van der Waals surface area contributed by atoms with Crippen LogP contribution in [0.4, 0.5) is 5.13 Å². The Morgan fingerprint density at radius 3 is 2.31 bits per heavy atom. The number of nitrogens with zero attached hydrogens (tertiary/aromatic N) is 3. The molecule has 94 valence electrons. The Bertz CT molecular complexity index is 299. The minimum atomic E-state index is 0. The molecule has 0 aromatic carbocycles. The van der Waals surface area contributed by atoms with Crippen LogP contribution >= 0.6 is 36.2 Å². The van der Waals surface area contributed by atoms with Gasteiger partial charge in [0.15, 0.2) is 0 Å². The highest BCUT2D eigenvalue weighted by atomic mass is 35.5. The summed E-state index contributed by atoms with van der Waals surface area (Å²) in [5, 5.41) is 14.0. The van der Waals surface area contributed by atoms with Crippen LogP contribution < -0.4 is 10.2 Å². The minimum Gasteiger partial charge on any atom is -0.344 e. The normalized spacial score (nSPS) is 15.6. The van der Waals surface area contributed by atoms with Gasteiger partial charge in [0, 0.05) is 32.1 Å². The maximum Gasteiger partial charge on any atom is 0.208 e. The molecule has 1 saturated heterocycles. The van der Waals surface area contributed by atoms with E-state index in [4.69, 9.17) is 0 Å². The lowest BCUT2D eigenvalue weighted by molar-refractivity contribution is 0.586. The molecule has 1 N–H and O–H groups in total. The summed E-state index contributed by atoms with van der Waals surface area (Å²) in [4.78, 5) is 2.31. The molecule has 1 aromatic rings. The fourth-order valence-electron chi connectivity index (χ4n) is 1.44. The van der Waals surface area contributed by atoms with E-state index in [0.29, 0.717) is 5.92 Å². The van der Waals surface area contributed by atoms with E-state index in [1.54, 1.807) is 11.3 Å². The van der Waals surface area contributed by atoms with Gasteiger partial charge in [0.05, 0.1) is 0 Å². The lowest BCUT2D eigenvalue weighted by Crippen LogP contribution is -2.43. The molecule has 0 amide bonds. The van der Waals surface area contributed by atoms with Gasteiger partial charge in [-0.3, -0.25) is 0 Å². The van der Waals surface area contributed by atoms with E-state index in [0.717, 1.165) is 36.3 Å². The van der Waals surface area contributed by atoms with E-state index in [1.807, 2.05) is 0 Å². The smallest absolute Gasteiger partial charge is 0.208 e. The molecule has 1 aromatic heterocycles. The molecule has 4 nitrogen and oxygen atoms in total. The van der Waals surface area contributed by atoms with Crippen molar-refractivity contribution in [3.63, 3.8) is 0 Å². The summed E-state index contributed by atoms with van der Waals surface area (Å²) in [7, 11) is 0. The fourth-order valence-corrected chi connectivity index (χ4v) is 2.34. The third-order valence-electron chi connectivity index (χ3n) is 2.31. The molecule has 1 aliphatic rings. The van der Waals surface area contributed by atoms with Crippen molar-refractivity contribution in [2.24, 2.45) is 0 Å². The van der Waals surface area contributed by atoms with Gasteiger partial charge in [-0.05, 0) is 0 Å². The van der Waals surface area contributed by atoms with E-state index in [1.165, 1.54) is 0 Å². The average molecular weight is 285 g/mol. The van der Waals surface area contributed by atoms with E-state index in [2.05, 4.69) is 34.3 Å². The number of hydrogen-bond donors (Lipinski definition) is 1. The Labute approximate surface area is 113 Å². The predicted octanol–water partition coefficient (Wildman–Crippen LogP) is 1.91. The van der Waals surface area contributed by atoms with Crippen LogP contribution in [0.3, 0.4) is 0 Å². The Kier molecular flexibility index (Phi) is 7.22. The average Bonchev–Trinajstić information content (AvgIpc) is 2.68. The largest absolute Gasteiger partial charge is 0.344 e. The van der Waals surface area contributed by atoms with Crippen LogP contribution in [0.2, 0.25) is 0 Å². The Morgan fingerprint density at radius 2 is 1.81 bits per heavy atom. The fraction of sp³-hybridized carbons (Fsp3) is 0.778. The van der Waals surface area contributed by atoms with Crippen molar-refractivity contribution < 1.29 is 0 Å². The summed E-state index contributed by atoms with van der Waals surface area (Å²) in [5.74, 6) is 0.490. The van der Waals surface area contributed by atoms with Gasteiger partial charge in [0.1, 0.15) is 5.01 Å². The van der Waals surface area contributed by atoms with Crippen molar-refractivity contribution in [3.8, 4) is 0 Å². The quantitative estimate of drug-likeness (QED) is 0.901. The van der Waals surface area contributed by atoms with Crippen molar-refractivity contribution in [3.05, 3.63) is 5.01 Å². The highest BCUT2D eigenvalue weighted by molar-refractivity contribution is 7.15. The molecular formula is C9H18Cl2N4S. The first kappa shape index (κ1) is 15.9. The van der Waals surface area contributed by atoms with Gasteiger partial charge < -0.3 is 10.2 Å². The third kappa shape index (κ3) is 3.73. The van der Waals surface area contributed by atoms with E-state index in [-0.39, 0.29) is 24.8 Å². The molecule has 0 aliphatic carbocycles. The molecule has 0 saturated carbocycles. The molecule has 0 atom stereocenters. The maximum absolute atomic E-state index is 4.23.